The van der Waals surface area contributed by atoms with Crippen LogP contribution in [0.5, 0.6) is 0 Å². The van der Waals surface area contributed by atoms with Crippen LogP contribution in [0.4, 0.5) is 11.4 Å². The molecule has 2 fully saturated rings. The van der Waals surface area contributed by atoms with Gasteiger partial charge in [0.05, 0.1) is 28.1 Å². The highest BCUT2D eigenvalue weighted by Crippen LogP contribution is 2.31. The summed E-state index contributed by atoms with van der Waals surface area (Å²) in [7, 11) is 1.80. The van der Waals surface area contributed by atoms with E-state index in [1.807, 2.05) is 28.9 Å². The molecule has 3 heterocycles. The Balaban J connectivity index is 1.60. The third-order valence-electron chi connectivity index (χ3n) is 7.13. The van der Waals surface area contributed by atoms with Crippen LogP contribution in [0.2, 0.25) is 0 Å². The van der Waals surface area contributed by atoms with Crippen LogP contribution in [-0.2, 0) is 0 Å². The lowest BCUT2D eigenvalue weighted by molar-refractivity contribution is 0.0724. The molecule has 0 spiro atoms. The van der Waals surface area contributed by atoms with Gasteiger partial charge < -0.3 is 20.4 Å². The fourth-order valence-electron chi connectivity index (χ4n) is 5.14. The number of likely N-dealkylation sites (tertiary alicyclic amines) is 2. The number of carbonyl (C=O) groups is 2. The first-order valence-corrected chi connectivity index (χ1v) is 12.5. The average molecular weight is 475 g/mol. The maximum Gasteiger partial charge on any atom is 0.256 e. The lowest BCUT2D eigenvalue weighted by Crippen LogP contribution is -2.37. The van der Waals surface area contributed by atoms with Crippen molar-refractivity contribution < 1.29 is 9.59 Å². The molecule has 0 saturated carbocycles. The van der Waals surface area contributed by atoms with Crippen molar-refractivity contribution in [2.75, 3.05) is 43.9 Å². The molecule has 8 heteroatoms. The van der Waals surface area contributed by atoms with Gasteiger partial charge in [-0.05, 0) is 62.3 Å². The monoisotopic (exact) mass is 474 g/mol. The molecule has 2 saturated heterocycles. The van der Waals surface area contributed by atoms with E-state index >= 15 is 0 Å². The molecule has 2 atom stereocenters. The van der Waals surface area contributed by atoms with Crippen molar-refractivity contribution in [2.45, 2.75) is 45.6 Å². The number of anilines is 2. The Hall–Kier alpha value is -3.60. The van der Waals surface area contributed by atoms with Crippen LogP contribution in [0.15, 0.2) is 30.6 Å². The largest absolute Gasteiger partial charge is 0.387 e. The number of rotatable bonds is 6. The predicted octanol–water partition coefficient (Wildman–Crippen LogP) is 3.89. The molecule has 35 heavy (non-hydrogen) atoms. The minimum atomic E-state index is -0.0635. The van der Waals surface area contributed by atoms with E-state index < -0.39 is 0 Å². The van der Waals surface area contributed by atoms with Gasteiger partial charge in [-0.3, -0.25) is 14.6 Å². The molecule has 1 aromatic carbocycles. The minimum Gasteiger partial charge on any atom is -0.387 e. The number of carbonyl (C=O) groups excluding carboxylic acids is 2. The zero-order chi connectivity index (χ0) is 24.9. The predicted molar refractivity (Wildman–Crippen MR) is 137 cm³/mol. The molecule has 0 radical (unpaired) electrons. The van der Waals surface area contributed by atoms with Gasteiger partial charge in [0.1, 0.15) is 6.07 Å². The summed E-state index contributed by atoms with van der Waals surface area (Å²) < 4.78 is 0. The minimum absolute atomic E-state index is 0.0265. The fourth-order valence-corrected chi connectivity index (χ4v) is 5.14. The summed E-state index contributed by atoms with van der Waals surface area (Å²) in [6.07, 6.45) is 7.30. The molecule has 1 aromatic heterocycles. The number of aromatic nitrogens is 1. The lowest BCUT2D eigenvalue weighted by atomic mass is 9.97. The zero-order valence-corrected chi connectivity index (χ0v) is 20.8. The van der Waals surface area contributed by atoms with Gasteiger partial charge in [-0.15, -0.1) is 0 Å². The molecular weight excluding hydrogens is 440 g/mol. The number of hydrogen-bond acceptors (Lipinski definition) is 6. The lowest BCUT2D eigenvalue weighted by Gasteiger charge is -2.29. The van der Waals surface area contributed by atoms with Crippen molar-refractivity contribution in [3.63, 3.8) is 0 Å². The Morgan fingerprint density at radius 2 is 1.86 bits per heavy atom. The van der Waals surface area contributed by atoms with E-state index in [1.165, 1.54) is 0 Å². The summed E-state index contributed by atoms with van der Waals surface area (Å²) in [5.74, 6) is 0.109. The molecule has 2 N–H and O–H groups in total. The molecule has 4 rings (SSSR count). The van der Waals surface area contributed by atoms with Crippen LogP contribution in [-0.4, -0.2) is 65.9 Å². The number of nitrogens with one attached hydrogen (secondary N) is 2. The summed E-state index contributed by atoms with van der Waals surface area (Å²) in [6.45, 7) is 6.62. The van der Waals surface area contributed by atoms with Crippen molar-refractivity contribution in [2.24, 2.45) is 5.92 Å². The van der Waals surface area contributed by atoms with Gasteiger partial charge in [0.2, 0.25) is 0 Å². The zero-order valence-electron chi connectivity index (χ0n) is 20.8. The van der Waals surface area contributed by atoms with Gasteiger partial charge in [0.15, 0.2) is 0 Å². The first-order valence-electron chi connectivity index (χ1n) is 12.5. The molecular formula is C27H34N6O2. The molecule has 2 aliphatic rings. The van der Waals surface area contributed by atoms with Crippen LogP contribution in [0.3, 0.4) is 0 Å². The summed E-state index contributed by atoms with van der Waals surface area (Å²) in [5, 5.41) is 16.5. The third kappa shape index (κ3) is 5.24. The van der Waals surface area contributed by atoms with Gasteiger partial charge in [0, 0.05) is 51.7 Å². The van der Waals surface area contributed by atoms with Crippen molar-refractivity contribution in [1.29, 1.82) is 5.26 Å². The summed E-state index contributed by atoms with van der Waals surface area (Å²) >= 11 is 0. The summed E-state index contributed by atoms with van der Waals surface area (Å²) in [5.41, 5.74) is 3.83. The Morgan fingerprint density at radius 1 is 1.09 bits per heavy atom. The van der Waals surface area contributed by atoms with E-state index in [1.54, 1.807) is 25.5 Å². The molecule has 0 unspecified atom stereocenters. The second-order valence-electron chi connectivity index (χ2n) is 9.54. The van der Waals surface area contributed by atoms with Crippen LogP contribution in [0, 0.1) is 24.2 Å². The molecule has 2 amide bonds. The van der Waals surface area contributed by atoms with Crippen molar-refractivity contribution >= 4 is 23.2 Å². The molecule has 8 nitrogen and oxygen atoms in total. The number of benzene rings is 1. The normalized spacial score (nSPS) is 19.8. The SMILES string of the molecule is CC[C@@H]1CN(C(=O)c2cncc(NC)c2)C[C@@H]1Nc1c(C#N)cc(C)cc1C(=O)N1CCCCC1. The Kier molecular flexibility index (Phi) is 7.54. The van der Waals surface area contributed by atoms with E-state index in [0.29, 0.717) is 35.5 Å². The maximum absolute atomic E-state index is 13.5. The summed E-state index contributed by atoms with van der Waals surface area (Å²) in [4.78, 5) is 34.6. The summed E-state index contributed by atoms with van der Waals surface area (Å²) in [6, 6.07) is 7.73. The van der Waals surface area contributed by atoms with Gasteiger partial charge >= 0.3 is 0 Å². The van der Waals surface area contributed by atoms with Crippen LogP contribution < -0.4 is 10.6 Å². The van der Waals surface area contributed by atoms with E-state index in [-0.39, 0.29) is 23.8 Å². The van der Waals surface area contributed by atoms with Crippen LogP contribution >= 0.6 is 0 Å². The van der Waals surface area contributed by atoms with Gasteiger partial charge in [-0.1, -0.05) is 6.92 Å². The van der Waals surface area contributed by atoms with Gasteiger partial charge in [-0.25, -0.2) is 0 Å². The van der Waals surface area contributed by atoms with Crippen molar-refractivity contribution in [1.82, 2.24) is 14.8 Å². The Morgan fingerprint density at radius 3 is 2.54 bits per heavy atom. The highest BCUT2D eigenvalue weighted by molar-refractivity contribution is 6.01. The number of aryl methyl sites for hydroxylation is 1. The van der Waals surface area contributed by atoms with Gasteiger partial charge in [-0.2, -0.15) is 5.26 Å². The molecule has 2 aliphatic heterocycles. The Labute approximate surface area is 207 Å². The highest BCUT2D eigenvalue weighted by atomic mass is 16.2. The molecule has 184 valence electrons. The first kappa shape index (κ1) is 24.5. The van der Waals surface area contributed by atoms with E-state index in [2.05, 4.69) is 28.6 Å². The van der Waals surface area contributed by atoms with Crippen molar-refractivity contribution in [3.05, 3.63) is 52.8 Å². The molecule has 0 bridgehead atoms. The second kappa shape index (κ2) is 10.8. The third-order valence-corrected chi connectivity index (χ3v) is 7.13. The molecule has 2 aromatic rings. The second-order valence-corrected chi connectivity index (χ2v) is 9.54. The number of pyridine rings is 1. The topological polar surface area (TPSA) is 101 Å². The average Bonchev–Trinajstić information content (AvgIpc) is 3.31. The van der Waals surface area contributed by atoms with Gasteiger partial charge in [0.25, 0.3) is 11.8 Å². The highest BCUT2D eigenvalue weighted by Gasteiger charge is 2.36. The number of hydrogen-bond donors (Lipinski definition) is 2. The number of nitrogens with zero attached hydrogens (tertiary/aromatic N) is 4. The van der Waals surface area contributed by atoms with E-state index in [0.717, 1.165) is 50.0 Å². The van der Waals surface area contributed by atoms with Crippen LogP contribution in [0.25, 0.3) is 0 Å². The Bertz CT molecular complexity index is 1130. The quantitative estimate of drug-likeness (QED) is 0.659. The standard InChI is InChI=1S/C27H34N6O2/c1-4-19-16-33(26(34)21-12-22(29-3)15-30-14-21)17-24(19)31-25-20(13-28)10-18(2)11-23(25)27(35)32-8-6-5-7-9-32/h10-12,14-15,19,24,29,31H,4-9,16-17H2,1-3H3/t19-,24+/m1/s1. The fraction of sp³-hybridized carbons (Fsp3) is 0.481. The van der Waals surface area contributed by atoms with Crippen molar-refractivity contribution in [3.8, 4) is 6.07 Å². The first-order chi connectivity index (χ1) is 16.9. The van der Waals surface area contributed by atoms with E-state index in [9.17, 15) is 14.9 Å². The van der Waals surface area contributed by atoms with E-state index in [4.69, 9.17) is 0 Å². The number of nitriles is 1. The molecule has 0 aliphatic carbocycles. The number of piperidine rings is 1. The van der Waals surface area contributed by atoms with Crippen LogP contribution in [0.1, 0.15) is 64.4 Å². The number of amides is 2. The smallest absolute Gasteiger partial charge is 0.256 e. The maximum atomic E-state index is 13.5.